The predicted octanol–water partition coefficient (Wildman–Crippen LogP) is 4.02. The lowest BCUT2D eigenvalue weighted by atomic mass is 9.43. The van der Waals surface area contributed by atoms with Crippen LogP contribution in [-0.4, -0.2) is 46.4 Å². The van der Waals surface area contributed by atoms with Gasteiger partial charge in [0.15, 0.2) is 0 Å². The highest BCUT2D eigenvalue weighted by molar-refractivity contribution is 5.85. The first-order valence-electron chi connectivity index (χ1n) is 13.1. The molecule has 0 saturated heterocycles. The van der Waals surface area contributed by atoms with Gasteiger partial charge in [0.1, 0.15) is 12.7 Å². The Kier molecular flexibility index (Phi) is 5.85. The number of esters is 2. The van der Waals surface area contributed by atoms with E-state index in [9.17, 15) is 19.5 Å². The molecule has 8 atom stereocenters. The van der Waals surface area contributed by atoms with Gasteiger partial charge < -0.3 is 19.7 Å². The number of carboxylic acids is 1. The monoisotopic (exact) mass is 474 g/mol. The number of aliphatic hydroxyl groups is 1. The smallest absolute Gasteiger partial charge is 0.331 e. The van der Waals surface area contributed by atoms with E-state index in [4.69, 9.17) is 14.6 Å². The van der Waals surface area contributed by atoms with E-state index in [0.29, 0.717) is 18.4 Å². The van der Waals surface area contributed by atoms with Crippen molar-refractivity contribution in [3.63, 3.8) is 0 Å². The van der Waals surface area contributed by atoms with Gasteiger partial charge in [0.25, 0.3) is 0 Å². The van der Waals surface area contributed by atoms with Crippen molar-refractivity contribution in [2.24, 2.45) is 34.5 Å². The van der Waals surface area contributed by atoms with Crippen LogP contribution in [0.1, 0.15) is 84.5 Å². The lowest BCUT2D eigenvalue weighted by Gasteiger charge is -2.63. The second-order valence-electron chi connectivity index (χ2n) is 12.1. The molecule has 7 heteroatoms. The van der Waals surface area contributed by atoms with Crippen LogP contribution >= 0.6 is 0 Å². The summed E-state index contributed by atoms with van der Waals surface area (Å²) in [6, 6.07) is 0. The van der Waals surface area contributed by atoms with E-state index in [1.807, 2.05) is 0 Å². The van der Waals surface area contributed by atoms with Crippen LogP contribution in [0.3, 0.4) is 0 Å². The van der Waals surface area contributed by atoms with Crippen LogP contribution in [0.25, 0.3) is 0 Å². The molecule has 4 fully saturated rings. The Morgan fingerprint density at radius 1 is 1.06 bits per heavy atom. The number of carbonyl (C=O) groups excluding carboxylic acids is 2. The maximum Gasteiger partial charge on any atom is 0.331 e. The summed E-state index contributed by atoms with van der Waals surface area (Å²) < 4.78 is 10.9. The average molecular weight is 475 g/mol. The standard InChI is InChI=1S/C27H38O7/c1-25-10-7-18(34-23(30)6-5-22(28)29)14-17(25)3-4-21-20(25)8-11-26(2)19(9-12-27(21,26)32)16-13-24(31)33-15-16/h13,17-21,32H,3-12,14-15H2,1-2H3,(H,28,29)/t17-,18+,19-,20+,21-,25+,26-,27+/m1/s1. The summed E-state index contributed by atoms with van der Waals surface area (Å²) in [7, 11) is 0. The SMILES string of the molecule is C[C@]12CC[C@H](OC(=O)CCC(=O)O)C[C@H]1CC[C@@H]1[C@@H]2CC[C@]2(C)[C@@H](C3=CC(=O)OC3)CC[C@]12O. The maximum absolute atomic E-state index is 12.3. The minimum atomic E-state index is -0.980. The molecule has 34 heavy (non-hydrogen) atoms. The van der Waals surface area contributed by atoms with Crippen molar-refractivity contribution >= 4 is 17.9 Å². The van der Waals surface area contributed by atoms with E-state index < -0.39 is 17.5 Å². The molecule has 2 N–H and O–H groups in total. The molecule has 1 aliphatic heterocycles. The van der Waals surface area contributed by atoms with Crippen molar-refractivity contribution in [3.05, 3.63) is 11.6 Å². The van der Waals surface area contributed by atoms with Crippen LogP contribution in [0.2, 0.25) is 0 Å². The zero-order chi connectivity index (χ0) is 24.3. The molecule has 5 aliphatic rings. The first-order valence-corrected chi connectivity index (χ1v) is 13.1. The lowest BCUT2D eigenvalue weighted by molar-refractivity contribution is -0.210. The normalized spacial score (nSPS) is 45.4. The van der Waals surface area contributed by atoms with Crippen molar-refractivity contribution in [1.29, 1.82) is 0 Å². The molecule has 0 aromatic rings. The summed E-state index contributed by atoms with van der Waals surface area (Å²) in [5.41, 5.74) is 0.232. The topological polar surface area (TPSA) is 110 Å². The summed E-state index contributed by atoms with van der Waals surface area (Å²) in [4.78, 5) is 34.6. The molecule has 0 spiro atoms. The third-order valence-corrected chi connectivity index (χ3v) is 10.8. The van der Waals surface area contributed by atoms with Gasteiger partial charge in [-0.25, -0.2) is 4.79 Å². The van der Waals surface area contributed by atoms with E-state index >= 15 is 0 Å². The van der Waals surface area contributed by atoms with Crippen LogP contribution in [-0.2, 0) is 23.9 Å². The molecule has 0 aromatic heterocycles. The highest BCUT2D eigenvalue weighted by Gasteiger charge is 2.67. The Hall–Kier alpha value is -1.89. The van der Waals surface area contributed by atoms with E-state index in [0.717, 1.165) is 63.4 Å². The van der Waals surface area contributed by atoms with Gasteiger partial charge in [-0.1, -0.05) is 13.8 Å². The van der Waals surface area contributed by atoms with E-state index in [1.54, 1.807) is 6.08 Å². The Labute approximate surface area is 201 Å². The third-order valence-electron chi connectivity index (χ3n) is 10.8. The second-order valence-corrected chi connectivity index (χ2v) is 12.1. The molecule has 0 bridgehead atoms. The highest BCUT2D eigenvalue weighted by atomic mass is 16.5. The predicted molar refractivity (Wildman–Crippen MR) is 122 cm³/mol. The van der Waals surface area contributed by atoms with Crippen molar-refractivity contribution in [3.8, 4) is 0 Å². The fourth-order valence-electron chi connectivity index (χ4n) is 8.93. The van der Waals surface area contributed by atoms with Crippen LogP contribution < -0.4 is 0 Å². The second kappa shape index (κ2) is 8.35. The first kappa shape index (κ1) is 23.8. The van der Waals surface area contributed by atoms with E-state index in [2.05, 4.69) is 13.8 Å². The number of hydrogen-bond acceptors (Lipinski definition) is 6. The third kappa shape index (κ3) is 3.61. The van der Waals surface area contributed by atoms with Crippen molar-refractivity contribution in [1.82, 2.24) is 0 Å². The quantitative estimate of drug-likeness (QED) is 0.579. The van der Waals surface area contributed by atoms with Crippen molar-refractivity contribution in [2.45, 2.75) is 96.2 Å². The van der Waals surface area contributed by atoms with E-state index in [1.165, 1.54) is 0 Å². The van der Waals surface area contributed by atoms with Gasteiger partial charge in [0.2, 0.25) is 0 Å². The van der Waals surface area contributed by atoms with Gasteiger partial charge in [0.05, 0.1) is 18.4 Å². The summed E-state index contributed by atoms with van der Waals surface area (Å²) in [5, 5.41) is 21.1. The molecule has 5 rings (SSSR count). The molecule has 4 aliphatic carbocycles. The molecule has 4 saturated carbocycles. The Morgan fingerprint density at radius 3 is 2.56 bits per heavy atom. The molecule has 0 aromatic carbocycles. The zero-order valence-electron chi connectivity index (χ0n) is 20.4. The fourth-order valence-corrected chi connectivity index (χ4v) is 8.93. The molecule has 7 nitrogen and oxygen atoms in total. The van der Waals surface area contributed by atoms with Crippen LogP contribution in [0.5, 0.6) is 0 Å². The summed E-state index contributed by atoms with van der Waals surface area (Å²) in [5.74, 6) is -0.284. The molecular weight excluding hydrogens is 436 g/mol. The number of cyclic esters (lactones) is 1. The number of aliphatic carboxylic acids is 1. The molecule has 1 heterocycles. The summed E-state index contributed by atoms with van der Waals surface area (Å²) in [6.45, 7) is 5.00. The highest BCUT2D eigenvalue weighted by Crippen LogP contribution is 2.70. The zero-order valence-corrected chi connectivity index (χ0v) is 20.4. The van der Waals surface area contributed by atoms with Gasteiger partial charge in [-0.05, 0) is 92.4 Å². The van der Waals surface area contributed by atoms with E-state index in [-0.39, 0.29) is 47.6 Å². The summed E-state index contributed by atoms with van der Waals surface area (Å²) >= 11 is 0. The number of carboxylic acid groups (broad SMARTS) is 1. The molecule has 0 amide bonds. The number of rotatable bonds is 5. The minimum Gasteiger partial charge on any atom is -0.481 e. The largest absolute Gasteiger partial charge is 0.481 e. The summed E-state index contributed by atoms with van der Waals surface area (Å²) in [6.07, 6.45) is 9.62. The number of hydrogen-bond donors (Lipinski definition) is 2. The molecule has 0 radical (unpaired) electrons. The fraction of sp³-hybridized carbons (Fsp3) is 0.815. The van der Waals surface area contributed by atoms with Crippen LogP contribution in [0, 0.1) is 34.5 Å². The molecule has 188 valence electrons. The van der Waals surface area contributed by atoms with Crippen LogP contribution in [0.4, 0.5) is 0 Å². The Bertz CT molecular complexity index is 911. The van der Waals surface area contributed by atoms with Gasteiger partial charge in [-0.15, -0.1) is 0 Å². The molecule has 0 unspecified atom stereocenters. The van der Waals surface area contributed by atoms with Crippen molar-refractivity contribution in [2.75, 3.05) is 6.61 Å². The first-order chi connectivity index (χ1) is 16.1. The maximum atomic E-state index is 12.3. The lowest BCUT2D eigenvalue weighted by Crippen LogP contribution is -2.62. The van der Waals surface area contributed by atoms with Gasteiger partial charge in [-0.3, -0.25) is 9.59 Å². The number of ether oxygens (including phenoxy) is 2. The van der Waals surface area contributed by atoms with Crippen LogP contribution in [0.15, 0.2) is 11.6 Å². The minimum absolute atomic E-state index is 0.0711. The Balaban J connectivity index is 1.29. The van der Waals surface area contributed by atoms with Crippen molar-refractivity contribution < 1.29 is 34.1 Å². The number of fused-ring (bicyclic) bond motifs is 5. The van der Waals surface area contributed by atoms with Gasteiger partial charge >= 0.3 is 17.9 Å². The average Bonchev–Trinajstić information content (AvgIpc) is 3.32. The van der Waals surface area contributed by atoms with Gasteiger partial charge in [-0.2, -0.15) is 0 Å². The van der Waals surface area contributed by atoms with Gasteiger partial charge in [0, 0.05) is 11.5 Å². The Morgan fingerprint density at radius 2 is 1.85 bits per heavy atom. The number of carbonyl (C=O) groups is 3. The molecular formula is C27H38O7.